The van der Waals surface area contributed by atoms with Crippen LogP contribution in [-0.4, -0.2) is 33.1 Å². The number of para-hydroxylation sites is 1. The molecular formula is C11H12N2O2Si. The molecule has 16 heavy (non-hydrogen) atoms. The predicted molar refractivity (Wildman–Crippen MR) is 63.4 cm³/mol. The van der Waals surface area contributed by atoms with E-state index in [4.69, 9.17) is 10.8 Å². The number of carboxylic acid groups (broad SMARTS) is 1. The summed E-state index contributed by atoms with van der Waals surface area (Å²) >= 11 is 0. The highest BCUT2D eigenvalue weighted by molar-refractivity contribution is 5.84. The number of nitrogens with two attached hydrogens (primary N) is 1. The SMILES string of the molecule is NC(Cc1c[nH]c2ccccc12)C(=O)O.[Si]. The predicted octanol–water partition coefficient (Wildman–Crippen LogP) is 0.742. The van der Waals surface area contributed by atoms with Crippen LogP contribution in [0.2, 0.25) is 0 Å². The maximum absolute atomic E-state index is 10.6. The number of aliphatic carboxylic acids is 1. The first-order valence-corrected chi connectivity index (χ1v) is 4.72. The van der Waals surface area contributed by atoms with Gasteiger partial charge in [0.25, 0.3) is 0 Å². The Hall–Kier alpha value is -1.59. The molecular weight excluding hydrogens is 220 g/mol. The molecule has 1 atom stereocenters. The van der Waals surface area contributed by atoms with Crippen LogP contribution in [0.3, 0.4) is 0 Å². The van der Waals surface area contributed by atoms with Gasteiger partial charge in [-0.05, 0) is 11.6 Å². The summed E-state index contributed by atoms with van der Waals surface area (Å²) in [7, 11) is 0. The average molecular weight is 232 g/mol. The number of H-pyrrole nitrogens is 1. The van der Waals surface area contributed by atoms with Crippen molar-refractivity contribution in [2.75, 3.05) is 0 Å². The highest BCUT2D eigenvalue weighted by Gasteiger charge is 2.14. The fourth-order valence-electron chi connectivity index (χ4n) is 1.62. The third-order valence-corrected chi connectivity index (χ3v) is 2.43. The van der Waals surface area contributed by atoms with Crippen molar-refractivity contribution in [2.24, 2.45) is 5.73 Å². The Labute approximate surface area is 97.5 Å². The Bertz CT molecular complexity index is 495. The first-order valence-electron chi connectivity index (χ1n) is 4.72. The number of carbonyl (C=O) groups is 1. The van der Waals surface area contributed by atoms with E-state index in [9.17, 15) is 4.79 Å². The molecule has 1 aromatic carbocycles. The molecule has 0 saturated carbocycles. The fraction of sp³-hybridized carbons (Fsp3) is 0.182. The summed E-state index contributed by atoms with van der Waals surface area (Å²) in [6.45, 7) is 0. The zero-order valence-electron chi connectivity index (χ0n) is 8.60. The minimum Gasteiger partial charge on any atom is -0.480 e. The minimum atomic E-state index is -0.972. The van der Waals surface area contributed by atoms with Gasteiger partial charge >= 0.3 is 5.97 Å². The lowest BCUT2D eigenvalue weighted by Gasteiger charge is -2.04. The Morgan fingerprint density at radius 3 is 2.81 bits per heavy atom. The molecule has 1 heterocycles. The van der Waals surface area contributed by atoms with Crippen LogP contribution in [0.5, 0.6) is 0 Å². The lowest BCUT2D eigenvalue weighted by atomic mass is 10.1. The Morgan fingerprint density at radius 2 is 2.12 bits per heavy atom. The molecule has 4 radical (unpaired) electrons. The molecule has 0 aliphatic carbocycles. The van der Waals surface area contributed by atoms with Crippen LogP contribution < -0.4 is 5.73 Å². The largest absolute Gasteiger partial charge is 0.480 e. The minimum absolute atomic E-state index is 0. The zero-order valence-corrected chi connectivity index (χ0v) is 9.60. The molecule has 4 nitrogen and oxygen atoms in total. The van der Waals surface area contributed by atoms with E-state index in [1.165, 1.54) is 0 Å². The van der Waals surface area contributed by atoms with Gasteiger partial charge in [0.1, 0.15) is 6.04 Å². The molecule has 0 fully saturated rings. The van der Waals surface area contributed by atoms with E-state index < -0.39 is 12.0 Å². The Balaban J connectivity index is 0.00000128. The van der Waals surface area contributed by atoms with E-state index in [-0.39, 0.29) is 11.0 Å². The van der Waals surface area contributed by atoms with Gasteiger partial charge in [-0.25, -0.2) is 0 Å². The van der Waals surface area contributed by atoms with Crippen molar-refractivity contribution in [3.63, 3.8) is 0 Å². The van der Waals surface area contributed by atoms with Crippen LogP contribution in [0, 0.1) is 0 Å². The first-order chi connectivity index (χ1) is 7.18. The number of rotatable bonds is 3. The fourth-order valence-corrected chi connectivity index (χ4v) is 1.62. The zero-order chi connectivity index (χ0) is 10.8. The maximum atomic E-state index is 10.6. The van der Waals surface area contributed by atoms with Crippen molar-refractivity contribution in [2.45, 2.75) is 12.5 Å². The Morgan fingerprint density at radius 1 is 1.44 bits per heavy atom. The molecule has 0 saturated heterocycles. The summed E-state index contributed by atoms with van der Waals surface area (Å²) < 4.78 is 0. The second-order valence-electron chi connectivity index (χ2n) is 3.51. The van der Waals surface area contributed by atoms with Gasteiger partial charge in [0.05, 0.1) is 0 Å². The molecule has 4 N–H and O–H groups in total. The summed E-state index contributed by atoms with van der Waals surface area (Å²) in [5, 5.41) is 9.75. The van der Waals surface area contributed by atoms with E-state index in [1.807, 2.05) is 30.5 Å². The summed E-state index contributed by atoms with van der Waals surface area (Å²) in [6.07, 6.45) is 2.16. The molecule has 5 heteroatoms. The molecule has 0 amide bonds. The van der Waals surface area contributed by atoms with Crippen LogP contribution >= 0.6 is 0 Å². The lowest BCUT2D eigenvalue weighted by Crippen LogP contribution is -2.32. The molecule has 0 spiro atoms. The van der Waals surface area contributed by atoms with Crippen LogP contribution in [0.15, 0.2) is 30.5 Å². The number of hydrogen-bond donors (Lipinski definition) is 3. The maximum Gasteiger partial charge on any atom is 0.320 e. The van der Waals surface area contributed by atoms with E-state index in [0.29, 0.717) is 6.42 Å². The van der Waals surface area contributed by atoms with Gasteiger partial charge in [-0.1, -0.05) is 18.2 Å². The number of nitrogens with one attached hydrogen (secondary N) is 1. The van der Waals surface area contributed by atoms with Gasteiger partial charge in [-0.2, -0.15) is 0 Å². The quantitative estimate of drug-likeness (QED) is 0.683. The van der Waals surface area contributed by atoms with Crippen molar-refractivity contribution in [1.82, 2.24) is 4.98 Å². The van der Waals surface area contributed by atoms with Crippen molar-refractivity contribution in [3.8, 4) is 0 Å². The number of aromatic nitrogens is 1. The van der Waals surface area contributed by atoms with Gasteiger partial charge < -0.3 is 15.8 Å². The highest BCUT2D eigenvalue weighted by atomic mass is 28.1. The van der Waals surface area contributed by atoms with Crippen molar-refractivity contribution >= 4 is 27.8 Å². The second-order valence-corrected chi connectivity index (χ2v) is 3.51. The topological polar surface area (TPSA) is 79.1 Å². The number of aromatic amines is 1. The number of hydrogen-bond acceptors (Lipinski definition) is 2. The van der Waals surface area contributed by atoms with Crippen molar-refractivity contribution in [3.05, 3.63) is 36.0 Å². The van der Waals surface area contributed by atoms with Gasteiger partial charge in [-0.3, -0.25) is 4.79 Å². The third-order valence-electron chi connectivity index (χ3n) is 2.43. The van der Waals surface area contributed by atoms with E-state index in [0.717, 1.165) is 16.5 Å². The molecule has 82 valence electrons. The molecule has 0 aliphatic rings. The normalized spacial score (nSPS) is 12.1. The van der Waals surface area contributed by atoms with Crippen molar-refractivity contribution in [1.29, 1.82) is 0 Å². The van der Waals surface area contributed by atoms with Crippen molar-refractivity contribution < 1.29 is 9.90 Å². The summed E-state index contributed by atoms with van der Waals surface area (Å²) in [5.41, 5.74) is 7.43. The van der Waals surface area contributed by atoms with E-state index in [2.05, 4.69) is 4.98 Å². The van der Waals surface area contributed by atoms with Crippen LogP contribution in [0.4, 0.5) is 0 Å². The van der Waals surface area contributed by atoms with Gasteiger partial charge in [0, 0.05) is 34.5 Å². The molecule has 0 aliphatic heterocycles. The summed E-state index contributed by atoms with van der Waals surface area (Å²) in [4.78, 5) is 13.7. The summed E-state index contributed by atoms with van der Waals surface area (Å²) in [6, 6.07) is 6.91. The van der Waals surface area contributed by atoms with Gasteiger partial charge in [0.2, 0.25) is 0 Å². The Kier molecular flexibility index (Phi) is 3.86. The van der Waals surface area contributed by atoms with Crippen LogP contribution in [0.1, 0.15) is 5.56 Å². The second kappa shape index (κ2) is 4.96. The number of benzene rings is 1. The van der Waals surface area contributed by atoms with Crippen LogP contribution in [0.25, 0.3) is 10.9 Å². The number of fused-ring (bicyclic) bond motifs is 1. The third kappa shape index (κ3) is 2.32. The standard InChI is InChI=1S/C11H12N2O2.Si/c12-9(11(14)15)5-7-6-13-10-4-2-1-3-8(7)10;/h1-4,6,9,13H,5,12H2,(H,14,15);. The highest BCUT2D eigenvalue weighted by Crippen LogP contribution is 2.18. The molecule has 2 aromatic rings. The molecule has 0 bridgehead atoms. The average Bonchev–Trinajstić information content (AvgIpc) is 2.62. The lowest BCUT2D eigenvalue weighted by molar-refractivity contribution is -0.138. The smallest absolute Gasteiger partial charge is 0.320 e. The monoisotopic (exact) mass is 232 g/mol. The first kappa shape index (κ1) is 12.5. The van der Waals surface area contributed by atoms with Crippen LogP contribution in [-0.2, 0) is 11.2 Å². The van der Waals surface area contributed by atoms with E-state index in [1.54, 1.807) is 0 Å². The molecule has 2 rings (SSSR count). The molecule has 1 unspecified atom stereocenters. The van der Waals surface area contributed by atoms with Gasteiger partial charge in [-0.15, -0.1) is 0 Å². The summed E-state index contributed by atoms with van der Waals surface area (Å²) in [5.74, 6) is -0.972. The van der Waals surface area contributed by atoms with Gasteiger partial charge in [0.15, 0.2) is 0 Å². The number of carboxylic acids is 1. The van der Waals surface area contributed by atoms with E-state index >= 15 is 0 Å². The molecule has 1 aromatic heterocycles.